The highest BCUT2D eigenvalue weighted by Gasteiger charge is 2.41. The van der Waals surface area contributed by atoms with Crippen LogP contribution in [-0.4, -0.2) is 61.9 Å². The zero-order valence-electron chi connectivity index (χ0n) is 14.3. The number of nitrogens with zero attached hydrogens (tertiary/aromatic N) is 2. The first-order valence-electron chi connectivity index (χ1n) is 8.02. The van der Waals surface area contributed by atoms with Crippen LogP contribution in [0.3, 0.4) is 0 Å². The summed E-state index contributed by atoms with van der Waals surface area (Å²) in [6, 6.07) is 0. The molecule has 0 radical (unpaired) electrons. The lowest BCUT2D eigenvalue weighted by Gasteiger charge is -2.16. The summed E-state index contributed by atoms with van der Waals surface area (Å²) in [4.78, 5) is 15.9. The molecule has 1 aromatic rings. The lowest BCUT2D eigenvalue weighted by molar-refractivity contribution is -0.156. The molecule has 1 aliphatic rings. The highest BCUT2D eigenvalue weighted by Crippen LogP contribution is 2.24. The Morgan fingerprint density at radius 3 is 2.58 bits per heavy atom. The molecule has 1 aliphatic heterocycles. The third kappa shape index (κ3) is 4.54. The molecule has 0 saturated carbocycles. The van der Waals surface area contributed by atoms with Crippen molar-refractivity contribution in [1.82, 2.24) is 9.55 Å². The van der Waals surface area contributed by atoms with Gasteiger partial charge in [0.15, 0.2) is 6.73 Å². The average molecular weight is 342 g/mol. The topological polar surface area (TPSA) is 114 Å². The minimum atomic E-state index is -1.07. The Morgan fingerprint density at radius 2 is 2.00 bits per heavy atom. The summed E-state index contributed by atoms with van der Waals surface area (Å²) in [6.07, 6.45) is 0.951. The van der Waals surface area contributed by atoms with Crippen LogP contribution >= 0.6 is 0 Å². The number of hydrogen-bond donors (Lipinski definition) is 3. The molecule has 1 aromatic heterocycles. The van der Waals surface area contributed by atoms with Crippen LogP contribution in [0.15, 0.2) is 12.5 Å². The number of rotatable bonds is 6. The maximum absolute atomic E-state index is 11.7. The summed E-state index contributed by atoms with van der Waals surface area (Å²) in [5.74, 6) is -0.288. The quantitative estimate of drug-likeness (QED) is 0.616. The Labute approximate surface area is 141 Å². The van der Waals surface area contributed by atoms with Crippen molar-refractivity contribution in [1.29, 1.82) is 0 Å². The van der Waals surface area contributed by atoms with Crippen molar-refractivity contribution < 1.29 is 29.6 Å². The Kier molecular flexibility index (Phi) is 5.97. The van der Waals surface area contributed by atoms with Gasteiger partial charge in [0.1, 0.15) is 18.3 Å². The highest BCUT2D eigenvalue weighted by molar-refractivity contribution is 5.75. The first-order valence-corrected chi connectivity index (χ1v) is 8.02. The van der Waals surface area contributed by atoms with E-state index >= 15 is 0 Å². The average Bonchev–Trinajstić information content (AvgIpc) is 3.08. The van der Waals surface area contributed by atoms with Gasteiger partial charge in [-0.3, -0.25) is 4.79 Å². The number of carbonyl (C=O) groups excluding carboxylic acids is 1. The molecule has 4 atom stereocenters. The van der Waals surface area contributed by atoms with Gasteiger partial charge in [-0.05, 0) is 33.6 Å². The van der Waals surface area contributed by atoms with E-state index < -0.39 is 29.8 Å². The van der Waals surface area contributed by atoms with E-state index in [1.54, 1.807) is 37.9 Å². The summed E-state index contributed by atoms with van der Waals surface area (Å²) < 4.78 is 12.3. The second-order valence-corrected chi connectivity index (χ2v) is 7.11. The van der Waals surface area contributed by atoms with Gasteiger partial charge in [-0.1, -0.05) is 0 Å². The van der Waals surface area contributed by atoms with Gasteiger partial charge in [0.25, 0.3) is 0 Å². The highest BCUT2D eigenvalue weighted by atomic mass is 16.6. The number of imidazole rings is 1. The van der Waals surface area contributed by atoms with E-state index in [1.165, 1.54) is 0 Å². The maximum Gasteiger partial charge on any atom is 0.312 e. The number of aliphatic hydroxyl groups excluding tert-OH is 3. The van der Waals surface area contributed by atoms with Crippen LogP contribution in [0.5, 0.6) is 0 Å². The third-order valence-corrected chi connectivity index (χ3v) is 3.97. The van der Waals surface area contributed by atoms with E-state index in [1.807, 2.05) is 0 Å². The van der Waals surface area contributed by atoms with Gasteiger partial charge in [-0.2, -0.15) is 0 Å². The molecule has 1 saturated heterocycles. The van der Waals surface area contributed by atoms with Crippen molar-refractivity contribution in [3.8, 4) is 0 Å². The number of esters is 1. The number of ether oxygens (including phenoxy) is 2. The van der Waals surface area contributed by atoms with E-state index in [9.17, 15) is 15.0 Å². The maximum atomic E-state index is 11.7. The molecule has 1 fully saturated rings. The largest absolute Gasteiger partial charge is 0.443 e. The molecule has 0 amide bonds. The van der Waals surface area contributed by atoms with Crippen LogP contribution in [0.25, 0.3) is 0 Å². The molecule has 2 rings (SSSR count). The molecule has 0 spiro atoms. The normalized spacial score (nSPS) is 27.4. The SMILES string of the molecule is CC(C)(C)C(=O)OCn1cnc(CC[C@@H]2O[C@H](CO)[C@@H](O)[C@H]2O)c1. The van der Waals surface area contributed by atoms with Gasteiger partial charge in [0.2, 0.25) is 0 Å². The molecule has 3 N–H and O–H groups in total. The van der Waals surface area contributed by atoms with E-state index in [0.717, 1.165) is 5.69 Å². The van der Waals surface area contributed by atoms with Crippen LogP contribution in [0.1, 0.15) is 32.9 Å². The zero-order chi connectivity index (χ0) is 17.9. The second kappa shape index (κ2) is 7.60. The van der Waals surface area contributed by atoms with Gasteiger partial charge < -0.3 is 29.4 Å². The van der Waals surface area contributed by atoms with E-state index in [-0.39, 0.29) is 19.3 Å². The second-order valence-electron chi connectivity index (χ2n) is 7.11. The van der Waals surface area contributed by atoms with Crippen molar-refractivity contribution in [2.24, 2.45) is 5.41 Å². The van der Waals surface area contributed by atoms with Crippen LogP contribution in [0.4, 0.5) is 0 Å². The Bertz CT molecular complexity index is 553. The molecule has 0 aromatic carbocycles. The fourth-order valence-corrected chi connectivity index (χ4v) is 2.46. The molecular formula is C16H26N2O6. The van der Waals surface area contributed by atoms with Gasteiger partial charge in [-0.15, -0.1) is 0 Å². The standard InChI is InChI=1S/C16H26N2O6/c1-16(2,3)15(22)23-9-18-6-10(17-8-18)4-5-11-13(20)14(21)12(7-19)24-11/h6,8,11-14,19-21H,4-5,7,9H2,1-3H3/t11-,12+,13-,14+/m0/s1. The predicted octanol–water partition coefficient (Wildman–Crippen LogP) is -0.156. The first kappa shape index (κ1) is 18.9. The van der Waals surface area contributed by atoms with Crippen molar-refractivity contribution >= 4 is 5.97 Å². The number of carbonyl (C=O) groups is 1. The van der Waals surface area contributed by atoms with Crippen molar-refractivity contribution in [2.45, 2.75) is 64.8 Å². The summed E-state index contributed by atoms with van der Waals surface area (Å²) in [5, 5.41) is 28.7. The van der Waals surface area contributed by atoms with Crippen LogP contribution < -0.4 is 0 Å². The molecule has 0 bridgehead atoms. The molecule has 24 heavy (non-hydrogen) atoms. The molecule has 0 aliphatic carbocycles. The fraction of sp³-hybridized carbons (Fsp3) is 0.750. The summed E-state index contributed by atoms with van der Waals surface area (Å²) in [6.45, 7) is 5.13. The summed E-state index contributed by atoms with van der Waals surface area (Å²) >= 11 is 0. The molecule has 2 heterocycles. The minimum absolute atomic E-state index is 0.0942. The summed E-state index contributed by atoms with van der Waals surface area (Å²) in [5.41, 5.74) is 0.211. The van der Waals surface area contributed by atoms with E-state index in [0.29, 0.717) is 12.8 Å². The lowest BCUT2D eigenvalue weighted by atomic mass is 9.98. The van der Waals surface area contributed by atoms with Crippen molar-refractivity contribution in [3.63, 3.8) is 0 Å². The number of aromatic nitrogens is 2. The Balaban J connectivity index is 1.81. The molecule has 8 heteroatoms. The molecule has 0 unspecified atom stereocenters. The van der Waals surface area contributed by atoms with Crippen molar-refractivity contribution in [2.75, 3.05) is 6.61 Å². The number of aryl methyl sites for hydroxylation is 1. The van der Waals surface area contributed by atoms with Gasteiger partial charge in [0.05, 0.1) is 30.1 Å². The van der Waals surface area contributed by atoms with Gasteiger partial charge in [0, 0.05) is 6.20 Å². The van der Waals surface area contributed by atoms with Crippen LogP contribution in [-0.2, 0) is 27.4 Å². The monoisotopic (exact) mass is 342 g/mol. The van der Waals surface area contributed by atoms with Crippen LogP contribution in [0, 0.1) is 5.41 Å². The number of aliphatic hydroxyl groups is 3. The third-order valence-electron chi connectivity index (χ3n) is 3.97. The predicted molar refractivity (Wildman–Crippen MR) is 83.9 cm³/mol. The number of hydrogen-bond acceptors (Lipinski definition) is 7. The molecular weight excluding hydrogens is 316 g/mol. The Hall–Kier alpha value is -1.48. The zero-order valence-corrected chi connectivity index (χ0v) is 14.3. The first-order chi connectivity index (χ1) is 11.2. The smallest absolute Gasteiger partial charge is 0.312 e. The van der Waals surface area contributed by atoms with E-state index in [2.05, 4.69) is 4.98 Å². The minimum Gasteiger partial charge on any atom is -0.443 e. The fourth-order valence-electron chi connectivity index (χ4n) is 2.46. The molecule has 136 valence electrons. The van der Waals surface area contributed by atoms with Gasteiger partial charge in [-0.25, -0.2) is 4.98 Å². The van der Waals surface area contributed by atoms with Gasteiger partial charge >= 0.3 is 5.97 Å². The summed E-state index contributed by atoms with van der Waals surface area (Å²) in [7, 11) is 0. The molecule has 8 nitrogen and oxygen atoms in total. The van der Waals surface area contributed by atoms with Crippen molar-refractivity contribution in [3.05, 3.63) is 18.2 Å². The lowest BCUT2D eigenvalue weighted by Crippen LogP contribution is -2.33. The van der Waals surface area contributed by atoms with Crippen LogP contribution in [0.2, 0.25) is 0 Å². The van der Waals surface area contributed by atoms with E-state index in [4.69, 9.17) is 14.6 Å². The Morgan fingerprint density at radius 1 is 1.33 bits per heavy atom.